The molecule has 3 rings (SSSR count). The third-order valence-corrected chi connectivity index (χ3v) is 5.07. The summed E-state index contributed by atoms with van der Waals surface area (Å²) >= 11 is 0. The molecule has 2 aliphatic rings. The van der Waals surface area contributed by atoms with Crippen LogP contribution < -0.4 is 9.46 Å². The lowest BCUT2D eigenvalue weighted by atomic mass is 10.0. The van der Waals surface area contributed by atoms with E-state index in [4.69, 9.17) is 4.74 Å². The molecule has 2 saturated carbocycles. The fourth-order valence-corrected chi connectivity index (χ4v) is 3.17. The molecule has 20 heavy (non-hydrogen) atoms. The number of methoxy groups -OCH3 is 1. The zero-order valence-electron chi connectivity index (χ0n) is 11.1. The average molecular weight is 297 g/mol. The third kappa shape index (κ3) is 2.70. The Hall–Kier alpha value is -1.43. The van der Waals surface area contributed by atoms with Crippen molar-refractivity contribution in [3.8, 4) is 5.75 Å². The van der Waals surface area contributed by atoms with E-state index in [-0.39, 0.29) is 10.8 Å². The topological polar surface area (TPSA) is 55.4 Å². The van der Waals surface area contributed by atoms with Crippen molar-refractivity contribution < 1.29 is 18.1 Å². The largest absolute Gasteiger partial charge is 0.496 e. The maximum atomic E-state index is 14.0. The van der Waals surface area contributed by atoms with Gasteiger partial charge in [-0.1, -0.05) is 0 Å². The van der Waals surface area contributed by atoms with E-state index >= 15 is 0 Å². The molecule has 0 aliphatic heterocycles. The van der Waals surface area contributed by atoms with E-state index in [2.05, 4.69) is 4.72 Å². The van der Waals surface area contributed by atoms with Crippen LogP contribution in [0.5, 0.6) is 5.75 Å². The predicted octanol–water partition coefficient (Wildman–Crippen LogP) is 2.27. The summed E-state index contributed by atoms with van der Waals surface area (Å²) < 4.78 is 33.2. The Morgan fingerprint density at radius 1 is 1.35 bits per heavy atom. The highest BCUT2D eigenvalue weighted by Gasteiger charge is 2.32. The van der Waals surface area contributed by atoms with Crippen LogP contribution in [-0.2, 0) is 11.0 Å². The van der Waals surface area contributed by atoms with Crippen molar-refractivity contribution in [2.45, 2.75) is 36.9 Å². The average Bonchev–Trinajstić information content (AvgIpc) is 3.30. The molecule has 108 valence electrons. The molecule has 0 saturated heterocycles. The standard InChI is InChI=1S/C14H16FNO3S/c1-19-13-7-12(15)11(6-10(13)8-2-3-8)14(17)16-20(18)9-4-5-9/h6-9H,2-5H2,1H3,(H,16,17). The molecular weight excluding hydrogens is 281 g/mol. The van der Waals surface area contributed by atoms with E-state index in [1.54, 1.807) is 0 Å². The van der Waals surface area contributed by atoms with Gasteiger partial charge in [0.05, 0.1) is 17.9 Å². The fraction of sp³-hybridized carbons (Fsp3) is 0.500. The van der Waals surface area contributed by atoms with Crippen molar-refractivity contribution >= 4 is 16.9 Å². The molecule has 0 spiro atoms. The maximum Gasteiger partial charge on any atom is 0.265 e. The van der Waals surface area contributed by atoms with Crippen LogP contribution in [0.15, 0.2) is 12.1 Å². The van der Waals surface area contributed by atoms with E-state index in [1.807, 2.05) is 0 Å². The van der Waals surface area contributed by atoms with Crippen LogP contribution in [0, 0.1) is 5.82 Å². The number of benzene rings is 1. The van der Waals surface area contributed by atoms with Crippen molar-refractivity contribution in [2.24, 2.45) is 0 Å². The van der Waals surface area contributed by atoms with Crippen LogP contribution in [0.2, 0.25) is 0 Å². The number of rotatable bonds is 5. The summed E-state index contributed by atoms with van der Waals surface area (Å²) in [6.45, 7) is 0. The van der Waals surface area contributed by atoms with Gasteiger partial charge in [-0.2, -0.15) is 0 Å². The SMILES string of the molecule is COc1cc(F)c(C(=O)NS(=O)C2CC2)cc1C1CC1. The minimum absolute atomic E-state index is 0.0307. The Labute approximate surface area is 119 Å². The highest BCUT2D eigenvalue weighted by molar-refractivity contribution is 7.84. The molecule has 2 aliphatic carbocycles. The van der Waals surface area contributed by atoms with Crippen molar-refractivity contribution in [1.29, 1.82) is 0 Å². The lowest BCUT2D eigenvalue weighted by Gasteiger charge is -2.11. The Kier molecular flexibility index (Phi) is 3.50. The van der Waals surface area contributed by atoms with E-state index < -0.39 is 22.7 Å². The van der Waals surface area contributed by atoms with Gasteiger partial charge in [-0.3, -0.25) is 9.52 Å². The van der Waals surface area contributed by atoms with E-state index in [9.17, 15) is 13.4 Å². The molecule has 1 N–H and O–H groups in total. The summed E-state index contributed by atoms with van der Waals surface area (Å²) in [4.78, 5) is 12.0. The maximum absolute atomic E-state index is 14.0. The van der Waals surface area contributed by atoms with Gasteiger partial charge in [0.25, 0.3) is 5.91 Å². The lowest BCUT2D eigenvalue weighted by molar-refractivity contribution is 0.0978. The van der Waals surface area contributed by atoms with Crippen molar-refractivity contribution in [1.82, 2.24) is 4.72 Å². The van der Waals surface area contributed by atoms with Crippen LogP contribution >= 0.6 is 0 Å². The summed E-state index contributed by atoms with van der Waals surface area (Å²) in [6.07, 6.45) is 3.75. The molecule has 1 atom stereocenters. The molecule has 1 aromatic carbocycles. The highest BCUT2D eigenvalue weighted by atomic mass is 32.2. The molecule has 1 unspecified atom stereocenters. The minimum Gasteiger partial charge on any atom is -0.496 e. The number of carbonyl (C=O) groups excluding carboxylic acids is 1. The number of ether oxygens (including phenoxy) is 1. The first-order valence-electron chi connectivity index (χ1n) is 6.69. The zero-order valence-corrected chi connectivity index (χ0v) is 12.0. The normalized spacial score (nSPS) is 19.5. The summed E-state index contributed by atoms with van der Waals surface area (Å²) in [7, 11) is 0.0829. The number of amides is 1. The fourth-order valence-electron chi connectivity index (χ4n) is 2.15. The molecule has 1 aromatic rings. The van der Waals surface area contributed by atoms with Crippen LogP contribution in [0.3, 0.4) is 0 Å². The number of halogens is 1. The summed E-state index contributed by atoms with van der Waals surface area (Å²) in [6, 6.07) is 2.77. The number of carbonyl (C=O) groups is 1. The van der Waals surface area contributed by atoms with Gasteiger partial charge in [0.15, 0.2) is 0 Å². The van der Waals surface area contributed by atoms with Gasteiger partial charge in [-0.05, 0) is 43.2 Å². The molecule has 4 nitrogen and oxygen atoms in total. The number of nitrogens with one attached hydrogen (secondary N) is 1. The molecule has 1 amide bonds. The van der Waals surface area contributed by atoms with Gasteiger partial charge < -0.3 is 4.74 Å². The quantitative estimate of drug-likeness (QED) is 0.907. The van der Waals surface area contributed by atoms with E-state index in [0.717, 1.165) is 31.2 Å². The van der Waals surface area contributed by atoms with E-state index in [1.165, 1.54) is 19.2 Å². The summed E-state index contributed by atoms with van der Waals surface area (Å²) in [5.41, 5.74) is 0.804. The van der Waals surface area contributed by atoms with Gasteiger partial charge in [-0.15, -0.1) is 0 Å². The van der Waals surface area contributed by atoms with Crippen LogP contribution in [0.25, 0.3) is 0 Å². The Morgan fingerprint density at radius 2 is 2.05 bits per heavy atom. The monoisotopic (exact) mass is 297 g/mol. The first-order chi connectivity index (χ1) is 9.60. The van der Waals surface area contributed by atoms with E-state index in [0.29, 0.717) is 11.7 Å². The highest BCUT2D eigenvalue weighted by Crippen LogP contribution is 2.45. The van der Waals surface area contributed by atoms with Gasteiger partial charge in [0, 0.05) is 6.07 Å². The molecule has 2 fully saturated rings. The molecule has 0 aromatic heterocycles. The summed E-state index contributed by atoms with van der Waals surface area (Å²) in [5.74, 6) is -0.440. The second-order valence-electron chi connectivity index (χ2n) is 5.28. The number of hydrogen-bond acceptors (Lipinski definition) is 3. The van der Waals surface area contributed by atoms with Gasteiger partial charge in [0.2, 0.25) is 0 Å². The van der Waals surface area contributed by atoms with Crippen LogP contribution in [0.4, 0.5) is 4.39 Å². The zero-order chi connectivity index (χ0) is 14.3. The van der Waals surface area contributed by atoms with Crippen molar-refractivity contribution in [3.05, 3.63) is 29.1 Å². The molecule has 0 heterocycles. The Morgan fingerprint density at radius 3 is 2.60 bits per heavy atom. The molecule has 0 radical (unpaired) electrons. The third-order valence-electron chi connectivity index (χ3n) is 3.60. The number of hydrogen-bond donors (Lipinski definition) is 1. The smallest absolute Gasteiger partial charge is 0.265 e. The Bertz CT molecular complexity index is 582. The first kappa shape index (κ1) is 13.5. The lowest BCUT2D eigenvalue weighted by Crippen LogP contribution is -2.28. The minimum atomic E-state index is -1.41. The second-order valence-corrected chi connectivity index (χ2v) is 6.74. The van der Waals surface area contributed by atoms with Crippen molar-refractivity contribution in [3.63, 3.8) is 0 Å². The predicted molar refractivity (Wildman–Crippen MR) is 73.6 cm³/mol. The first-order valence-corrected chi connectivity index (χ1v) is 7.90. The van der Waals surface area contributed by atoms with Gasteiger partial charge in [0.1, 0.15) is 22.6 Å². The Balaban J connectivity index is 1.85. The van der Waals surface area contributed by atoms with Gasteiger partial charge in [-0.25, -0.2) is 8.60 Å². The molecule has 6 heteroatoms. The molecular formula is C14H16FNO3S. The van der Waals surface area contributed by atoms with Crippen LogP contribution in [0.1, 0.15) is 47.5 Å². The van der Waals surface area contributed by atoms with Crippen molar-refractivity contribution in [2.75, 3.05) is 7.11 Å². The van der Waals surface area contributed by atoms with Gasteiger partial charge >= 0.3 is 0 Å². The summed E-state index contributed by atoms with van der Waals surface area (Å²) in [5, 5.41) is 0.0307. The molecule has 0 bridgehead atoms. The van der Waals surface area contributed by atoms with Crippen LogP contribution in [-0.4, -0.2) is 22.5 Å². The second kappa shape index (κ2) is 5.16.